The fourth-order valence-corrected chi connectivity index (χ4v) is 2.23. The number of rotatable bonds is 5. The second-order valence-electron chi connectivity index (χ2n) is 4.84. The molecule has 0 aliphatic rings. The van der Waals surface area contributed by atoms with E-state index in [4.69, 9.17) is 9.47 Å². The Morgan fingerprint density at radius 2 is 1.44 bits per heavy atom. The molecule has 0 atom stereocenters. The van der Waals surface area contributed by atoms with Gasteiger partial charge in [0.25, 0.3) is 0 Å². The molecule has 25 heavy (non-hydrogen) atoms. The van der Waals surface area contributed by atoms with Gasteiger partial charge >= 0.3 is 11.9 Å². The summed E-state index contributed by atoms with van der Waals surface area (Å²) in [5, 5.41) is 0. The molecule has 8 nitrogen and oxygen atoms in total. The van der Waals surface area contributed by atoms with E-state index in [1.165, 1.54) is 31.2 Å². The number of ether oxygens (including phenoxy) is 4. The number of hydrogen-bond acceptors (Lipinski definition) is 7. The lowest BCUT2D eigenvalue weighted by atomic mass is 10.1. The Labute approximate surface area is 143 Å². The number of nitrogens with zero attached hydrogens (tertiary/aromatic N) is 1. The zero-order valence-corrected chi connectivity index (χ0v) is 14.2. The summed E-state index contributed by atoms with van der Waals surface area (Å²) in [6.07, 6.45) is 2.52. The van der Waals surface area contributed by atoms with Crippen molar-refractivity contribution in [2.45, 2.75) is 0 Å². The second kappa shape index (κ2) is 7.52. The number of benzene rings is 1. The summed E-state index contributed by atoms with van der Waals surface area (Å²) in [6.45, 7) is 0. The maximum atomic E-state index is 12.4. The van der Waals surface area contributed by atoms with Gasteiger partial charge in [-0.3, -0.25) is 4.79 Å². The van der Waals surface area contributed by atoms with Crippen molar-refractivity contribution in [1.82, 2.24) is 4.57 Å². The first-order valence-corrected chi connectivity index (χ1v) is 7.12. The third-order valence-electron chi connectivity index (χ3n) is 3.50. The van der Waals surface area contributed by atoms with Crippen molar-refractivity contribution >= 4 is 11.9 Å². The number of pyridine rings is 1. The first kappa shape index (κ1) is 18.1. The van der Waals surface area contributed by atoms with E-state index in [1.807, 2.05) is 0 Å². The van der Waals surface area contributed by atoms with Crippen LogP contribution in [0.1, 0.15) is 20.7 Å². The first-order valence-electron chi connectivity index (χ1n) is 7.12. The molecule has 2 rings (SSSR count). The lowest BCUT2D eigenvalue weighted by Crippen LogP contribution is -2.25. The largest absolute Gasteiger partial charge is 0.497 e. The van der Waals surface area contributed by atoms with Gasteiger partial charge in [-0.05, 0) is 12.1 Å². The van der Waals surface area contributed by atoms with E-state index < -0.39 is 17.4 Å². The lowest BCUT2D eigenvalue weighted by Gasteiger charge is -2.15. The fourth-order valence-electron chi connectivity index (χ4n) is 2.23. The maximum Gasteiger partial charge on any atom is 0.343 e. The van der Waals surface area contributed by atoms with Crippen LogP contribution in [0.5, 0.6) is 11.5 Å². The van der Waals surface area contributed by atoms with E-state index in [9.17, 15) is 14.4 Å². The van der Waals surface area contributed by atoms with Crippen molar-refractivity contribution in [1.29, 1.82) is 0 Å². The maximum absolute atomic E-state index is 12.4. The van der Waals surface area contributed by atoms with Crippen LogP contribution >= 0.6 is 0 Å². The monoisotopic (exact) mass is 347 g/mol. The minimum absolute atomic E-state index is 0.310. The number of esters is 2. The van der Waals surface area contributed by atoms with Crippen molar-refractivity contribution in [2.24, 2.45) is 0 Å². The van der Waals surface area contributed by atoms with Crippen LogP contribution in [0.4, 0.5) is 0 Å². The third-order valence-corrected chi connectivity index (χ3v) is 3.50. The Hall–Kier alpha value is -3.29. The van der Waals surface area contributed by atoms with E-state index in [1.54, 1.807) is 18.2 Å². The zero-order valence-electron chi connectivity index (χ0n) is 14.2. The van der Waals surface area contributed by atoms with E-state index in [0.717, 1.165) is 14.2 Å². The van der Waals surface area contributed by atoms with Gasteiger partial charge in [-0.1, -0.05) is 0 Å². The number of methoxy groups -OCH3 is 4. The normalized spacial score (nSPS) is 10.1. The number of carbonyl (C=O) groups excluding carboxylic acids is 2. The molecule has 0 fully saturated rings. The summed E-state index contributed by atoms with van der Waals surface area (Å²) < 4.78 is 21.1. The second-order valence-corrected chi connectivity index (χ2v) is 4.84. The highest BCUT2D eigenvalue weighted by Crippen LogP contribution is 2.27. The van der Waals surface area contributed by atoms with Crippen molar-refractivity contribution < 1.29 is 28.5 Å². The van der Waals surface area contributed by atoms with Crippen LogP contribution in [-0.4, -0.2) is 44.9 Å². The van der Waals surface area contributed by atoms with Gasteiger partial charge in [-0.25, -0.2) is 9.59 Å². The van der Waals surface area contributed by atoms with Gasteiger partial charge < -0.3 is 23.5 Å². The summed E-state index contributed by atoms with van der Waals surface area (Å²) in [5.74, 6) is -0.775. The van der Waals surface area contributed by atoms with Crippen molar-refractivity contribution in [3.8, 4) is 17.2 Å². The van der Waals surface area contributed by atoms with Crippen molar-refractivity contribution in [3.05, 3.63) is 51.9 Å². The molecule has 0 aliphatic heterocycles. The quantitative estimate of drug-likeness (QED) is 0.755. The predicted molar refractivity (Wildman–Crippen MR) is 87.8 cm³/mol. The Morgan fingerprint density at radius 1 is 0.880 bits per heavy atom. The molecular formula is C17H17NO7. The summed E-state index contributed by atoms with van der Waals surface area (Å²) in [4.78, 5) is 36.2. The Bertz CT molecular complexity index is 830. The number of carbonyl (C=O) groups is 2. The molecule has 0 saturated heterocycles. The van der Waals surface area contributed by atoms with Gasteiger partial charge in [0.1, 0.15) is 22.6 Å². The molecular weight excluding hydrogens is 330 g/mol. The molecule has 0 amide bonds. The Morgan fingerprint density at radius 3 is 1.88 bits per heavy atom. The van der Waals surface area contributed by atoms with E-state index >= 15 is 0 Å². The van der Waals surface area contributed by atoms with Crippen LogP contribution in [0.15, 0.2) is 35.4 Å². The Balaban J connectivity index is 2.80. The molecule has 2 aromatic rings. The molecule has 132 valence electrons. The summed E-state index contributed by atoms with van der Waals surface area (Å²) in [6, 6.07) is 4.97. The van der Waals surface area contributed by atoms with Crippen LogP contribution < -0.4 is 14.9 Å². The van der Waals surface area contributed by atoms with Gasteiger partial charge in [-0.15, -0.1) is 0 Å². The summed E-state index contributed by atoms with van der Waals surface area (Å²) in [5.41, 5.74) is -0.945. The van der Waals surface area contributed by atoms with Gasteiger partial charge in [-0.2, -0.15) is 0 Å². The predicted octanol–water partition coefficient (Wildman–Crippen LogP) is 1.43. The standard InChI is InChI=1S/C17H17NO7/c1-22-10-5-6-14(23-2)13(7-10)18-8-11(16(20)24-3)15(19)12(9-18)17(21)25-4/h5-9H,1-4H3. The average Bonchev–Trinajstić information content (AvgIpc) is 2.66. The highest BCUT2D eigenvalue weighted by atomic mass is 16.5. The third kappa shape index (κ3) is 3.47. The summed E-state index contributed by atoms with van der Waals surface area (Å²) in [7, 11) is 5.25. The zero-order chi connectivity index (χ0) is 18.6. The highest BCUT2D eigenvalue weighted by Gasteiger charge is 2.21. The number of aromatic nitrogens is 1. The van der Waals surface area contributed by atoms with Crippen LogP contribution in [0.2, 0.25) is 0 Å². The van der Waals surface area contributed by atoms with Crippen LogP contribution in [0.25, 0.3) is 5.69 Å². The first-order chi connectivity index (χ1) is 12.0. The van der Waals surface area contributed by atoms with E-state index in [2.05, 4.69) is 9.47 Å². The molecule has 0 bridgehead atoms. The van der Waals surface area contributed by atoms with Gasteiger partial charge in [0.15, 0.2) is 0 Å². The molecule has 0 aliphatic carbocycles. The minimum atomic E-state index is -0.869. The van der Waals surface area contributed by atoms with E-state index in [-0.39, 0.29) is 11.1 Å². The molecule has 1 aromatic heterocycles. The smallest absolute Gasteiger partial charge is 0.343 e. The number of hydrogen-bond donors (Lipinski definition) is 0. The van der Waals surface area contributed by atoms with Crippen molar-refractivity contribution in [3.63, 3.8) is 0 Å². The molecule has 0 spiro atoms. The molecule has 1 aromatic carbocycles. The molecule has 0 N–H and O–H groups in total. The minimum Gasteiger partial charge on any atom is -0.497 e. The molecule has 8 heteroatoms. The van der Waals surface area contributed by atoms with E-state index in [0.29, 0.717) is 17.2 Å². The SMILES string of the molecule is COC(=O)c1cn(-c2cc(OC)ccc2OC)cc(C(=O)OC)c1=O. The highest BCUT2D eigenvalue weighted by molar-refractivity contribution is 5.94. The van der Waals surface area contributed by atoms with Crippen molar-refractivity contribution in [2.75, 3.05) is 28.4 Å². The molecule has 1 heterocycles. The van der Waals surface area contributed by atoms with Gasteiger partial charge in [0.2, 0.25) is 5.43 Å². The Kier molecular flexibility index (Phi) is 5.43. The van der Waals surface area contributed by atoms with Gasteiger partial charge in [0, 0.05) is 18.5 Å². The molecule has 0 unspecified atom stereocenters. The fraction of sp³-hybridized carbons (Fsp3) is 0.235. The van der Waals surface area contributed by atoms with Crippen LogP contribution in [0, 0.1) is 0 Å². The molecule has 0 saturated carbocycles. The topological polar surface area (TPSA) is 93.1 Å². The van der Waals surface area contributed by atoms with Gasteiger partial charge in [0.05, 0.1) is 34.1 Å². The van der Waals surface area contributed by atoms with Crippen LogP contribution in [0.3, 0.4) is 0 Å². The average molecular weight is 347 g/mol. The molecule has 0 radical (unpaired) electrons. The lowest BCUT2D eigenvalue weighted by molar-refractivity contribution is 0.0595. The summed E-state index contributed by atoms with van der Waals surface area (Å²) >= 11 is 0. The van der Waals surface area contributed by atoms with Crippen LogP contribution in [-0.2, 0) is 9.47 Å².